The molecule has 0 spiro atoms. The molecule has 1 aromatic rings. The fourth-order valence-electron chi connectivity index (χ4n) is 2.11. The van der Waals surface area contributed by atoms with Crippen molar-refractivity contribution < 1.29 is 16.8 Å². The lowest BCUT2D eigenvalue weighted by molar-refractivity contribution is 0.505. The average molecular weight is 319 g/mol. The number of sulfonamides is 1. The quantitative estimate of drug-likeness (QED) is 0.524. The molecule has 1 saturated heterocycles. The van der Waals surface area contributed by atoms with Gasteiger partial charge in [0, 0.05) is 6.04 Å². The molecule has 1 aliphatic rings. The number of para-hydroxylation sites is 1. The van der Waals surface area contributed by atoms with Crippen LogP contribution in [-0.4, -0.2) is 34.4 Å². The van der Waals surface area contributed by atoms with Gasteiger partial charge in [-0.2, -0.15) is 0 Å². The SMILES string of the molecule is NNc1ccccc1S(=O)(=O)NC1CCS(=O)(=O)CC1. The van der Waals surface area contributed by atoms with E-state index in [0.717, 1.165) is 0 Å². The van der Waals surface area contributed by atoms with Gasteiger partial charge in [-0.3, -0.25) is 5.84 Å². The summed E-state index contributed by atoms with van der Waals surface area (Å²) >= 11 is 0. The second-order valence-corrected chi connectivity index (χ2v) is 8.67. The molecule has 0 saturated carbocycles. The second kappa shape index (κ2) is 5.68. The van der Waals surface area contributed by atoms with E-state index in [-0.39, 0.29) is 22.4 Å². The molecule has 0 bridgehead atoms. The number of anilines is 1. The van der Waals surface area contributed by atoms with Gasteiger partial charge in [0.2, 0.25) is 10.0 Å². The molecule has 0 aliphatic carbocycles. The van der Waals surface area contributed by atoms with Crippen LogP contribution in [0.1, 0.15) is 12.8 Å². The molecule has 1 fully saturated rings. The monoisotopic (exact) mass is 319 g/mol. The van der Waals surface area contributed by atoms with Crippen molar-refractivity contribution in [3.8, 4) is 0 Å². The Labute approximate surface area is 118 Å². The topological polar surface area (TPSA) is 118 Å². The molecular weight excluding hydrogens is 302 g/mol. The molecular formula is C11H17N3O4S2. The molecule has 0 radical (unpaired) electrons. The van der Waals surface area contributed by atoms with Crippen molar-refractivity contribution in [3.05, 3.63) is 24.3 Å². The van der Waals surface area contributed by atoms with Crippen LogP contribution in [0.3, 0.4) is 0 Å². The molecule has 1 aromatic carbocycles. The molecule has 1 aliphatic heterocycles. The Morgan fingerprint density at radius 2 is 1.75 bits per heavy atom. The number of hydrogen-bond donors (Lipinski definition) is 3. The maximum absolute atomic E-state index is 12.3. The van der Waals surface area contributed by atoms with Crippen LogP contribution >= 0.6 is 0 Å². The Morgan fingerprint density at radius 3 is 2.35 bits per heavy atom. The zero-order valence-corrected chi connectivity index (χ0v) is 12.4. The number of hydrazine groups is 1. The summed E-state index contributed by atoms with van der Waals surface area (Å²) in [6.45, 7) is 0. The van der Waals surface area contributed by atoms with E-state index in [1.54, 1.807) is 18.2 Å². The lowest BCUT2D eigenvalue weighted by Crippen LogP contribution is -2.41. The second-order valence-electron chi connectivity index (χ2n) is 4.69. The molecule has 0 atom stereocenters. The van der Waals surface area contributed by atoms with Crippen LogP contribution in [0.25, 0.3) is 0 Å². The van der Waals surface area contributed by atoms with Crippen LogP contribution in [0.4, 0.5) is 5.69 Å². The number of sulfone groups is 1. The van der Waals surface area contributed by atoms with Crippen molar-refractivity contribution in [3.63, 3.8) is 0 Å². The number of rotatable bonds is 4. The Morgan fingerprint density at radius 1 is 1.15 bits per heavy atom. The van der Waals surface area contributed by atoms with E-state index in [4.69, 9.17) is 5.84 Å². The van der Waals surface area contributed by atoms with Crippen molar-refractivity contribution >= 4 is 25.5 Å². The van der Waals surface area contributed by atoms with Crippen molar-refractivity contribution in [2.75, 3.05) is 16.9 Å². The fourth-order valence-corrected chi connectivity index (χ4v) is 5.08. The van der Waals surface area contributed by atoms with E-state index in [1.807, 2.05) is 0 Å². The molecule has 7 nitrogen and oxygen atoms in total. The smallest absolute Gasteiger partial charge is 0.242 e. The third-order valence-corrected chi connectivity index (χ3v) is 6.50. The molecule has 112 valence electrons. The Kier molecular flexibility index (Phi) is 4.33. The van der Waals surface area contributed by atoms with E-state index < -0.39 is 19.9 Å². The molecule has 2 rings (SSSR count). The number of nitrogen functional groups attached to an aromatic ring is 1. The van der Waals surface area contributed by atoms with Crippen LogP contribution < -0.4 is 16.0 Å². The van der Waals surface area contributed by atoms with Gasteiger partial charge in [-0.1, -0.05) is 12.1 Å². The zero-order valence-electron chi connectivity index (χ0n) is 10.7. The van der Waals surface area contributed by atoms with E-state index >= 15 is 0 Å². The third kappa shape index (κ3) is 3.48. The van der Waals surface area contributed by atoms with Gasteiger partial charge < -0.3 is 5.43 Å². The standard InChI is InChI=1S/C11H17N3O4S2/c12-13-10-3-1-2-4-11(10)20(17,18)14-9-5-7-19(15,16)8-6-9/h1-4,9,13-14H,5-8,12H2. The summed E-state index contributed by atoms with van der Waals surface area (Å²) in [5.41, 5.74) is 2.63. The van der Waals surface area contributed by atoms with Crippen LogP contribution in [0.5, 0.6) is 0 Å². The Balaban J connectivity index is 2.16. The molecule has 0 unspecified atom stereocenters. The lowest BCUT2D eigenvalue weighted by atomic mass is 10.2. The highest BCUT2D eigenvalue weighted by molar-refractivity contribution is 7.91. The highest BCUT2D eigenvalue weighted by Crippen LogP contribution is 2.21. The van der Waals surface area contributed by atoms with Gasteiger partial charge in [0.25, 0.3) is 0 Å². The minimum Gasteiger partial charge on any atom is -0.323 e. The van der Waals surface area contributed by atoms with Gasteiger partial charge in [-0.05, 0) is 25.0 Å². The summed E-state index contributed by atoms with van der Waals surface area (Å²) in [5.74, 6) is 5.32. The number of hydrogen-bond acceptors (Lipinski definition) is 6. The van der Waals surface area contributed by atoms with E-state index in [1.165, 1.54) is 6.07 Å². The predicted octanol–water partition coefficient (Wildman–Crippen LogP) is -0.172. The average Bonchev–Trinajstić information content (AvgIpc) is 2.41. The van der Waals surface area contributed by atoms with Gasteiger partial charge in [-0.15, -0.1) is 0 Å². The fraction of sp³-hybridized carbons (Fsp3) is 0.455. The van der Waals surface area contributed by atoms with Gasteiger partial charge in [0.1, 0.15) is 14.7 Å². The van der Waals surface area contributed by atoms with Crippen molar-refractivity contribution in [1.29, 1.82) is 0 Å². The van der Waals surface area contributed by atoms with Crippen molar-refractivity contribution in [1.82, 2.24) is 4.72 Å². The van der Waals surface area contributed by atoms with Crippen LogP contribution in [0.15, 0.2) is 29.2 Å². The van der Waals surface area contributed by atoms with Crippen LogP contribution in [-0.2, 0) is 19.9 Å². The van der Waals surface area contributed by atoms with Gasteiger partial charge in [0.15, 0.2) is 0 Å². The lowest BCUT2D eigenvalue weighted by Gasteiger charge is -2.23. The summed E-state index contributed by atoms with van der Waals surface area (Å²) < 4.78 is 49.8. The maximum Gasteiger partial charge on any atom is 0.242 e. The predicted molar refractivity (Wildman–Crippen MR) is 76.2 cm³/mol. The third-order valence-electron chi connectivity index (χ3n) is 3.21. The highest BCUT2D eigenvalue weighted by Gasteiger charge is 2.28. The molecule has 9 heteroatoms. The van der Waals surface area contributed by atoms with Gasteiger partial charge in [0.05, 0.1) is 17.2 Å². The van der Waals surface area contributed by atoms with E-state index in [9.17, 15) is 16.8 Å². The Hall–Kier alpha value is -1.16. The minimum absolute atomic E-state index is 0.0109. The summed E-state index contributed by atoms with van der Waals surface area (Å²) in [7, 11) is -6.74. The molecule has 20 heavy (non-hydrogen) atoms. The van der Waals surface area contributed by atoms with E-state index in [0.29, 0.717) is 18.5 Å². The Bertz CT molecular complexity index is 671. The first-order valence-electron chi connectivity index (χ1n) is 6.12. The maximum atomic E-state index is 12.3. The molecule has 0 amide bonds. The summed E-state index contributed by atoms with van der Waals surface area (Å²) in [5, 5.41) is 0. The summed E-state index contributed by atoms with van der Waals surface area (Å²) in [6.07, 6.45) is 0.583. The first-order valence-corrected chi connectivity index (χ1v) is 9.43. The normalized spacial score (nSPS) is 19.6. The van der Waals surface area contributed by atoms with Gasteiger partial charge in [-0.25, -0.2) is 21.6 Å². The van der Waals surface area contributed by atoms with Crippen molar-refractivity contribution in [2.45, 2.75) is 23.8 Å². The number of nitrogens with two attached hydrogens (primary N) is 1. The van der Waals surface area contributed by atoms with E-state index in [2.05, 4.69) is 10.1 Å². The van der Waals surface area contributed by atoms with Gasteiger partial charge >= 0.3 is 0 Å². The zero-order chi connectivity index (χ0) is 14.8. The van der Waals surface area contributed by atoms with Crippen molar-refractivity contribution in [2.24, 2.45) is 5.84 Å². The summed E-state index contributed by atoms with van der Waals surface area (Å²) in [6, 6.07) is 5.90. The summed E-state index contributed by atoms with van der Waals surface area (Å²) in [4.78, 5) is 0.0518. The number of nitrogens with one attached hydrogen (secondary N) is 2. The first kappa shape index (κ1) is 15.2. The minimum atomic E-state index is -3.73. The molecule has 0 aromatic heterocycles. The molecule has 4 N–H and O–H groups in total. The highest BCUT2D eigenvalue weighted by atomic mass is 32.2. The number of benzene rings is 1. The van der Waals surface area contributed by atoms with Crippen LogP contribution in [0.2, 0.25) is 0 Å². The molecule has 1 heterocycles. The first-order chi connectivity index (χ1) is 9.34. The largest absolute Gasteiger partial charge is 0.323 e. The van der Waals surface area contributed by atoms with Crippen LogP contribution in [0, 0.1) is 0 Å².